The molecule has 0 aliphatic carbocycles. The van der Waals surface area contributed by atoms with Crippen LogP contribution in [0.4, 0.5) is 0 Å². The molecule has 0 spiro atoms. The first-order chi connectivity index (χ1) is 13.9. The minimum atomic E-state index is -3.45. The highest BCUT2D eigenvalue weighted by Crippen LogP contribution is 2.23. The first-order valence-corrected chi connectivity index (χ1v) is 12.1. The maximum absolute atomic E-state index is 12.6. The van der Waals surface area contributed by atoms with Gasteiger partial charge in [0, 0.05) is 32.5 Å². The Kier molecular flexibility index (Phi) is 7.45. The molecule has 0 atom stereocenters. The molecule has 0 radical (unpaired) electrons. The Morgan fingerprint density at radius 1 is 1.00 bits per heavy atom. The summed E-state index contributed by atoms with van der Waals surface area (Å²) in [6.07, 6.45) is 3.07. The number of carbonyl (C=O) groups is 2. The fraction of sp³-hybridized carbons (Fsp3) is 0.400. The number of sulfonamides is 1. The average Bonchev–Trinajstić information content (AvgIpc) is 3.18. The van der Waals surface area contributed by atoms with Crippen molar-refractivity contribution in [3.8, 4) is 0 Å². The van der Waals surface area contributed by atoms with E-state index in [2.05, 4.69) is 5.32 Å². The fourth-order valence-electron chi connectivity index (χ4n) is 3.14. The Bertz CT molecular complexity index is 965. The van der Waals surface area contributed by atoms with Gasteiger partial charge in [0.25, 0.3) is 0 Å². The van der Waals surface area contributed by atoms with Gasteiger partial charge in [0.1, 0.15) is 0 Å². The predicted octanol–water partition coefficient (Wildman–Crippen LogP) is 3.86. The van der Waals surface area contributed by atoms with Gasteiger partial charge in [-0.05, 0) is 42.7 Å². The topological polar surface area (TPSA) is 83.5 Å². The number of ketones is 1. The molecule has 1 aliphatic rings. The van der Waals surface area contributed by atoms with Gasteiger partial charge in [-0.1, -0.05) is 30.2 Å². The van der Waals surface area contributed by atoms with Gasteiger partial charge in [0.15, 0.2) is 5.78 Å². The van der Waals surface area contributed by atoms with Gasteiger partial charge in [-0.15, -0.1) is 11.3 Å². The molecule has 0 bridgehead atoms. The molecule has 1 aliphatic heterocycles. The van der Waals surface area contributed by atoms with E-state index in [1.807, 2.05) is 0 Å². The smallest absolute Gasteiger partial charge is 0.243 e. The van der Waals surface area contributed by atoms with Crippen molar-refractivity contribution in [3.63, 3.8) is 0 Å². The third-order valence-corrected chi connectivity index (χ3v) is 7.98. The molecule has 2 aromatic rings. The summed E-state index contributed by atoms with van der Waals surface area (Å²) in [5.74, 6) is -0.338. The van der Waals surface area contributed by atoms with Crippen molar-refractivity contribution in [2.75, 3.05) is 13.1 Å². The van der Waals surface area contributed by atoms with Crippen molar-refractivity contribution < 1.29 is 18.0 Å². The summed E-state index contributed by atoms with van der Waals surface area (Å²) in [6, 6.07) is 9.89. The summed E-state index contributed by atoms with van der Waals surface area (Å²) in [5.41, 5.74) is 0.798. The molecular formula is C20H23ClN2O4S2. The first kappa shape index (κ1) is 22.0. The Labute approximate surface area is 179 Å². The zero-order valence-electron chi connectivity index (χ0n) is 15.9. The van der Waals surface area contributed by atoms with Crippen molar-refractivity contribution in [2.45, 2.75) is 43.5 Å². The summed E-state index contributed by atoms with van der Waals surface area (Å²) in [4.78, 5) is 24.8. The second-order valence-electron chi connectivity index (χ2n) is 6.91. The zero-order chi connectivity index (χ0) is 20.9. The van der Waals surface area contributed by atoms with E-state index in [0.717, 1.165) is 24.8 Å². The van der Waals surface area contributed by atoms with Crippen molar-refractivity contribution in [3.05, 3.63) is 51.2 Å². The molecule has 156 valence electrons. The van der Waals surface area contributed by atoms with E-state index in [1.165, 1.54) is 15.6 Å². The van der Waals surface area contributed by atoms with Gasteiger partial charge >= 0.3 is 0 Å². The van der Waals surface area contributed by atoms with Crippen molar-refractivity contribution in [1.29, 1.82) is 0 Å². The number of carbonyl (C=O) groups excluding carboxylic acids is 2. The summed E-state index contributed by atoms with van der Waals surface area (Å²) < 4.78 is 27.4. The number of halogens is 1. The normalized spacial score (nSPS) is 15.2. The second-order valence-corrected chi connectivity index (χ2v) is 10.6. The lowest BCUT2D eigenvalue weighted by Gasteiger charge is -2.25. The minimum absolute atomic E-state index is 0.0930. The molecule has 1 aromatic carbocycles. The molecule has 0 saturated carbocycles. The van der Waals surface area contributed by atoms with Crippen LogP contribution in [0.2, 0.25) is 4.34 Å². The molecule has 3 rings (SSSR count). The molecule has 1 aromatic heterocycles. The van der Waals surface area contributed by atoms with Gasteiger partial charge in [-0.25, -0.2) is 8.42 Å². The summed E-state index contributed by atoms with van der Waals surface area (Å²) >= 11 is 7.02. The number of hydrogen-bond donors (Lipinski definition) is 1. The van der Waals surface area contributed by atoms with E-state index < -0.39 is 10.0 Å². The van der Waals surface area contributed by atoms with Gasteiger partial charge in [-0.3, -0.25) is 9.59 Å². The molecular weight excluding hydrogens is 432 g/mol. The Balaban J connectivity index is 1.48. The molecule has 1 amide bonds. The molecule has 9 heteroatoms. The van der Waals surface area contributed by atoms with E-state index in [-0.39, 0.29) is 36.0 Å². The summed E-state index contributed by atoms with van der Waals surface area (Å²) in [7, 11) is -3.45. The number of benzene rings is 1. The third-order valence-electron chi connectivity index (χ3n) is 4.79. The van der Waals surface area contributed by atoms with Crippen LogP contribution in [-0.4, -0.2) is 37.5 Å². The highest BCUT2D eigenvalue weighted by molar-refractivity contribution is 7.89. The van der Waals surface area contributed by atoms with Gasteiger partial charge in [-0.2, -0.15) is 4.31 Å². The lowest BCUT2D eigenvalue weighted by atomic mass is 10.2. The van der Waals surface area contributed by atoms with Crippen LogP contribution in [0.25, 0.3) is 0 Å². The number of piperidine rings is 1. The van der Waals surface area contributed by atoms with Gasteiger partial charge < -0.3 is 5.32 Å². The number of amides is 1. The summed E-state index contributed by atoms with van der Waals surface area (Å²) in [5, 5.41) is 2.76. The molecule has 1 saturated heterocycles. The molecule has 29 heavy (non-hydrogen) atoms. The first-order valence-electron chi connectivity index (χ1n) is 9.50. The highest BCUT2D eigenvalue weighted by atomic mass is 35.5. The molecule has 1 fully saturated rings. The van der Waals surface area contributed by atoms with E-state index in [9.17, 15) is 18.0 Å². The zero-order valence-corrected chi connectivity index (χ0v) is 18.3. The van der Waals surface area contributed by atoms with Gasteiger partial charge in [0.2, 0.25) is 15.9 Å². The minimum Gasteiger partial charge on any atom is -0.352 e. The number of hydrogen-bond acceptors (Lipinski definition) is 5. The van der Waals surface area contributed by atoms with Crippen LogP contribution in [0.1, 0.15) is 47.3 Å². The standard InChI is InChI=1S/C20H23ClN2O4S2/c21-19-10-9-18(28-19)17(24)8-11-20(25)22-14-15-4-6-16(7-5-15)29(26,27)23-12-2-1-3-13-23/h4-7,9-10H,1-3,8,11-14H2,(H,22,25). The molecule has 1 N–H and O–H groups in total. The van der Waals surface area contributed by atoms with Crippen LogP contribution in [0, 0.1) is 0 Å². The van der Waals surface area contributed by atoms with Crippen LogP contribution in [0.15, 0.2) is 41.3 Å². The van der Waals surface area contributed by atoms with Crippen LogP contribution in [0.3, 0.4) is 0 Å². The maximum atomic E-state index is 12.6. The average molecular weight is 455 g/mol. The lowest BCUT2D eigenvalue weighted by Crippen LogP contribution is -2.35. The quantitative estimate of drug-likeness (QED) is 0.614. The second kappa shape index (κ2) is 9.84. The van der Waals surface area contributed by atoms with E-state index in [0.29, 0.717) is 22.3 Å². The number of nitrogens with one attached hydrogen (secondary N) is 1. The molecule has 0 unspecified atom stereocenters. The fourth-order valence-corrected chi connectivity index (χ4v) is 5.66. The van der Waals surface area contributed by atoms with E-state index in [1.54, 1.807) is 36.4 Å². The SMILES string of the molecule is O=C(CCC(=O)c1ccc(Cl)s1)NCc1ccc(S(=O)(=O)N2CCCCC2)cc1. The van der Waals surface area contributed by atoms with Gasteiger partial charge in [0.05, 0.1) is 14.1 Å². The van der Waals surface area contributed by atoms with Crippen molar-refractivity contribution in [2.24, 2.45) is 0 Å². The van der Waals surface area contributed by atoms with Crippen LogP contribution in [-0.2, 0) is 21.4 Å². The monoisotopic (exact) mass is 454 g/mol. The highest BCUT2D eigenvalue weighted by Gasteiger charge is 2.25. The molecule has 2 heterocycles. The van der Waals surface area contributed by atoms with Crippen molar-refractivity contribution in [1.82, 2.24) is 9.62 Å². The number of nitrogens with zero attached hydrogens (tertiary/aromatic N) is 1. The number of rotatable bonds is 8. The number of thiophene rings is 1. The van der Waals surface area contributed by atoms with Crippen molar-refractivity contribution >= 4 is 44.7 Å². The Morgan fingerprint density at radius 2 is 1.69 bits per heavy atom. The van der Waals surface area contributed by atoms with Crippen LogP contribution >= 0.6 is 22.9 Å². The third kappa shape index (κ3) is 5.88. The maximum Gasteiger partial charge on any atom is 0.243 e. The summed E-state index contributed by atoms with van der Waals surface area (Å²) in [6.45, 7) is 1.41. The predicted molar refractivity (Wildman–Crippen MR) is 114 cm³/mol. The number of Topliss-reactive ketones (excluding diaryl/α,β-unsaturated/α-hetero) is 1. The van der Waals surface area contributed by atoms with Crippen LogP contribution in [0.5, 0.6) is 0 Å². The van der Waals surface area contributed by atoms with Crippen LogP contribution < -0.4 is 5.32 Å². The van der Waals surface area contributed by atoms with E-state index >= 15 is 0 Å². The Morgan fingerprint density at radius 3 is 2.31 bits per heavy atom. The largest absolute Gasteiger partial charge is 0.352 e. The molecule has 6 nitrogen and oxygen atoms in total. The Hall–Kier alpha value is -1.74. The lowest BCUT2D eigenvalue weighted by molar-refractivity contribution is -0.121. The van der Waals surface area contributed by atoms with E-state index in [4.69, 9.17) is 11.6 Å².